The minimum atomic E-state index is -0.631. The van der Waals surface area contributed by atoms with Gasteiger partial charge in [-0.1, -0.05) is 17.7 Å². The number of nitro benzene ring substituents is 1. The Bertz CT molecular complexity index is 1100. The van der Waals surface area contributed by atoms with Crippen molar-refractivity contribution < 1.29 is 24.1 Å². The molecular formula is C22H22N4O6. The van der Waals surface area contributed by atoms with E-state index < -0.39 is 16.7 Å². The predicted molar refractivity (Wildman–Crippen MR) is 114 cm³/mol. The van der Waals surface area contributed by atoms with Gasteiger partial charge in [0, 0.05) is 43.8 Å². The molecule has 0 saturated carbocycles. The third-order valence-corrected chi connectivity index (χ3v) is 4.96. The van der Waals surface area contributed by atoms with Crippen LogP contribution in [0.15, 0.2) is 42.5 Å². The van der Waals surface area contributed by atoms with Crippen molar-refractivity contribution in [1.29, 1.82) is 0 Å². The second kappa shape index (κ2) is 9.82. The Hall–Kier alpha value is -4.08. The fourth-order valence-corrected chi connectivity index (χ4v) is 3.35. The van der Waals surface area contributed by atoms with E-state index in [4.69, 9.17) is 0 Å². The van der Waals surface area contributed by atoms with Gasteiger partial charge in [-0.25, -0.2) is 0 Å². The average molecular weight is 438 g/mol. The number of imide groups is 1. The predicted octanol–water partition coefficient (Wildman–Crippen LogP) is 1.83. The van der Waals surface area contributed by atoms with Crippen molar-refractivity contribution >= 4 is 29.3 Å². The minimum absolute atomic E-state index is 0.00185. The van der Waals surface area contributed by atoms with E-state index in [2.05, 4.69) is 10.6 Å². The van der Waals surface area contributed by atoms with Crippen LogP contribution in [0.3, 0.4) is 0 Å². The molecule has 0 aliphatic carbocycles. The number of hydrogen-bond acceptors (Lipinski definition) is 6. The SMILES string of the molecule is Cc1cccc(C(=O)NCCNC(=O)CCCN2C(=O)c3ccc([N+](=O)[O-])cc3C2=O)c1. The van der Waals surface area contributed by atoms with Crippen molar-refractivity contribution in [3.05, 3.63) is 74.8 Å². The lowest BCUT2D eigenvalue weighted by Crippen LogP contribution is -2.35. The summed E-state index contributed by atoms with van der Waals surface area (Å²) in [5, 5.41) is 16.3. The second-order valence-corrected chi connectivity index (χ2v) is 7.33. The number of nitrogens with one attached hydrogen (secondary N) is 2. The normalized spacial score (nSPS) is 12.5. The third kappa shape index (κ3) is 5.15. The molecule has 0 spiro atoms. The molecule has 1 aliphatic heterocycles. The number of hydrogen-bond donors (Lipinski definition) is 2. The molecule has 2 aromatic rings. The second-order valence-electron chi connectivity index (χ2n) is 7.33. The highest BCUT2D eigenvalue weighted by Crippen LogP contribution is 2.26. The summed E-state index contributed by atoms with van der Waals surface area (Å²) in [5.74, 6) is -1.64. The molecule has 0 aromatic heterocycles. The number of carbonyl (C=O) groups is 4. The van der Waals surface area contributed by atoms with Gasteiger partial charge in [-0.15, -0.1) is 0 Å². The van der Waals surface area contributed by atoms with Crippen molar-refractivity contribution in [2.45, 2.75) is 19.8 Å². The Morgan fingerprint density at radius 2 is 1.72 bits per heavy atom. The van der Waals surface area contributed by atoms with Crippen LogP contribution in [0.5, 0.6) is 0 Å². The highest BCUT2D eigenvalue weighted by atomic mass is 16.6. The summed E-state index contributed by atoms with van der Waals surface area (Å²) in [5.41, 5.74) is 1.37. The van der Waals surface area contributed by atoms with Crippen LogP contribution >= 0.6 is 0 Å². The molecule has 32 heavy (non-hydrogen) atoms. The van der Waals surface area contributed by atoms with Crippen LogP contribution in [0, 0.1) is 17.0 Å². The Balaban J connectivity index is 1.39. The maximum absolute atomic E-state index is 12.4. The number of nitrogens with zero attached hydrogens (tertiary/aromatic N) is 2. The Labute approximate surface area is 183 Å². The van der Waals surface area contributed by atoms with E-state index in [0.717, 1.165) is 16.5 Å². The van der Waals surface area contributed by atoms with E-state index in [0.29, 0.717) is 5.56 Å². The lowest BCUT2D eigenvalue weighted by molar-refractivity contribution is -0.384. The number of non-ortho nitro benzene ring substituents is 1. The molecule has 1 aliphatic rings. The molecule has 0 saturated heterocycles. The van der Waals surface area contributed by atoms with Gasteiger partial charge in [0.05, 0.1) is 16.1 Å². The number of amides is 4. The molecule has 10 heteroatoms. The van der Waals surface area contributed by atoms with Crippen molar-refractivity contribution in [3.63, 3.8) is 0 Å². The maximum atomic E-state index is 12.4. The zero-order valence-electron chi connectivity index (χ0n) is 17.4. The molecule has 3 rings (SSSR count). The number of nitro groups is 1. The van der Waals surface area contributed by atoms with E-state index in [1.807, 2.05) is 13.0 Å². The van der Waals surface area contributed by atoms with Gasteiger partial charge >= 0.3 is 0 Å². The molecule has 2 N–H and O–H groups in total. The van der Waals surface area contributed by atoms with Crippen molar-refractivity contribution in [2.24, 2.45) is 0 Å². The van der Waals surface area contributed by atoms with E-state index in [1.165, 1.54) is 12.1 Å². The highest BCUT2D eigenvalue weighted by Gasteiger charge is 2.36. The summed E-state index contributed by atoms with van der Waals surface area (Å²) in [7, 11) is 0. The largest absolute Gasteiger partial charge is 0.354 e. The van der Waals surface area contributed by atoms with Crippen LogP contribution in [-0.4, -0.2) is 53.1 Å². The van der Waals surface area contributed by atoms with Crippen LogP contribution in [0.1, 0.15) is 49.5 Å². The zero-order chi connectivity index (χ0) is 23.3. The highest BCUT2D eigenvalue weighted by molar-refractivity contribution is 6.21. The topological polar surface area (TPSA) is 139 Å². The molecule has 166 valence electrons. The third-order valence-electron chi connectivity index (χ3n) is 4.96. The van der Waals surface area contributed by atoms with Crippen LogP contribution in [0.4, 0.5) is 5.69 Å². The van der Waals surface area contributed by atoms with Gasteiger partial charge in [0.1, 0.15) is 0 Å². The Kier molecular flexibility index (Phi) is 6.93. The fourth-order valence-electron chi connectivity index (χ4n) is 3.35. The fraction of sp³-hybridized carbons (Fsp3) is 0.273. The molecule has 10 nitrogen and oxygen atoms in total. The van der Waals surface area contributed by atoms with Crippen LogP contribution in [0.2, 0.25) is 0 Å². The van der Waals surface area contributed by atoms with E-state index in [1.54, 1.807) is 18.2 Å². The summed E-state index contributed by atoms with van der Waals surface area (Å²) in [6.07, 6.45) is 0.328. The summed E-state index contributed by atoms with van der Waals surface area (Å²) in [6, 6.07) is 10.7. The Morgan fingerprint density at radius 3 is 2.44 bits per heavy atom. The summed E-state index contributed by atoms with van der Waals surface area (Å²) >= 11 is 0. The molecule has 0 fully saturated rings. The number of fused-ring (bicyclic) bond motifs is 1. The molecule has 0 unspecified atom stereocenters. The maximum Gasteiger partial charge on any atom is 0.270 e. The smallest absolute Gasteiger partial charge is 0.270 e. The average Bonchev–Trinajstić information content (AvgIpc) is 3.00. The van der Waals surface area contributed by atoms with Gasteiger partial charge < -0.3 is 10.6 Å². The summed E-state index contributed by atoms with van der Waals surface area (Å²) in [4.78, 5) is 60.1. The number of rotatable bonds is 9. The van der Waals surface area contributed by atoms with Gasteiger partial charge in [0.25, 0.3) is 23.4 Å². The monoisotopic (exact) mass is 438 g/mol. The molecule has 0 atom stereocenters. The van der Waals surface area contributed by atoms with Gasteiger partial charge in [-0.3, -0.25) is 34.2 Å². The summed E-state index contributed by atoms with van der Waals surface area (Å²) < 4.78 is 0. The molecule has 0 bridgehead atoms. The van der Waals surface area contributed by atoms with Crippen molar-refractivity contribution in [2.75, 3.05) is 19.6 Å². The number of aryl methyl sites for hydroxylation is 1. The van der Waals surface area contributed by atoms with Gasteiger partial charge in [0.15, 0.2) is 0 Å². The first-order chi connectivity index (χ1) is 15.3. The first-order valence-corrected chi connectivity index (χ1v) is 10.0. The van der Waals surface area contributed by atoms with Gasteiger partial charge in [-0.2, -0.15) is 0 Å². The molecule has 0 radical (unpaired) electrons. The first kappa shape index (κ1) is 22.6. The lowest BCUT2D eigenvalue weighted by atomic mass is 10.1. The molecule has 2 aromatic carbocycles. The number of benzene rings is 2. The van der Waals surface area contributed by atoms with Crippen molar-refractivity contribution in [3.8, 4) is 0 Å². The van der Waals surface area contributed by atoms with E-state index in [-0.39, 0.29) is 61.1 Å². The van der Waals surface area contributed by atoms with Crippen LogP contribution in [-0.2, 0) is 4.79 Å². The van der Waals surface area contributed by atoms with Crippen LogP contribution in [0.25, 0.3) is 0 Å². The molecular weight excluding hydrogens is 416 g/mol. The summed E-state index contributed by atoms with van der Waals surface area (Å²) in [6.45, 7) is 2.42. The molecule has 1 heterocycles. The van der Waals surface area contributed by atoms with E-state index in [9.17, 15) is 29.3 Å². The minimum Gasteiger partial charge on any atom is -0.354 e. The number of carbonyl (C=O) groups excluding carboxylic acids is 4. The first-order valence-electron chi connectivity index (χ1n) is 10.0. The van der Waals surface area contributed by atoms with Gasteiger partial charge in [0.2, 0.25) is 5.91 Å². The van der Waals surface area contributed by atoms with E-state index >= 15 is 0 Å². The van der Waals surface area contributed by atoms with Gasteiger partial charge in [-0.05, 0) is 31.5 Å². The quantitative estimate of drug-likeness (QED) is 0.265. The van der Waals surface area contributed by atoms with Crippen molar-refractivity contribution in [1.82, 2.24) is 15.5 Å². The lowest BCUT2D eigenvalue weighted by Gasteiger charge is -2.13. The Morgan fingerprint density at radius 1 is 1.00 bits per heavy atom. The molecule has 4 amide bonds. The standard InChI is InChI=1S/C22H22N4O6/c1-14-4-2-5-15(12-14)20(28)24-10-9-23-19(27)6-3-11-25-21(29)17-8-7-16(26(31)32)13-18(17)22(25)30/h2,4-5,7-8,12-13H,3,6,9-11H2,1H3,(H,23,27)(H,24,28). The zero-order valence-corrected chi connectivity index (χ0v) is 17.4. The van der Waals surface area contributed by atoms with Crippen LogP contribution < -0.4 is 10.6 Å².